The van der Waals surface area contributed by atoms with Crippen molar-refractivity contribution in [3.8, 4) is 0 Å². The van der Waals surface area contributed by atoms with Gasteiger partial charge in [-0.05, 0) is 30.0 Å². The van der Waals surface area contributed by atoms with Gasteiger partial charge in [0.2, 0.25) is 0 Å². The number of ketones is 1. The lowest BCUT2D eigenvalue weighted by molar-refractivity contribution is 0.0964. The second kappa shape index (κ2) is 4.00. The number of aromatic nitrogens is 2. The van der Waals surface area contributed by atoms with E-state index in [9.17, 15) is 4.79 Å². The standard InChI is InChI=1S/C13H11ClN2O/c14-10-3-1-2-8(4-10)9-5-12-11(7-15-16-12)13(17)6-9/h1-4,7,9H,5-6H2,(H,15,16). The van der Waals surface area contributed by atoms with Gasteiger partial charge in [-0.3, -0.25) is 9.89 Å². The quantitative estimate of drug-likeness (QED) is 0.841. The summed E-state index contributed by atoms with van der Waals surface area (Å²) >= 11 is 5.97. The Balaban J connectivity index is 1.96. The summed E-state index contributed by atoms with van der Waals surface area (Å²) in [5.74, 6) is 0.360. The minimum atomic E-state index is 0.157. The van der Waals surface area contributed by atoms with Crippen molar-refractivity contribution in [3.05, 3.63) is 52.3 Å². The van der Waals surface area contributed by atoms with Crippen LogP contribution in [-0.4, -0.2) is 16.0 Å². The van der Waals surface area contributed by atoms with Crippen molar-refractivity contribution in [2.24, 2.45) is 0 Å². The van der Waals surface area contributed by atoms with Crippen LogP contribution < -0.4 is 0 Å². The van der Waals surface area contributed by atoms with Crippen molar-refractivity contribution in [2.75, 3.05) is 0 Å². The highest BCUT2D eigenvalue weighted by molar-refractivity contribution is 6.30. The zero-order chi connectivity index (χ0) is 11.8. The molecule has 3 nitrogen and oxygen atoms in total. The highest BCUT2D eigenvalue weighted by Gasteiger charge is 2.27. The lowest BCUT2D eigenvalue weighted by Gasteiger charge is -2.21. The van der Waals surface area contributed by atoms with Crippen LogP contribution in [0.5, 0.6) is 0 Å². The average molecular weight is 247 g/mol. The molecule has 0 radical (unpaired) electrons. The van der Waals surface area contributed by atoms with E-state index < -0.39 is 0 Å². The number of nitrogens with one attached hydrogen (secondary N) is 1. The third-order valence-electron chi connectivity index (χ3n) is 3.22. The summed E-state index contributed by atoms with van der Waals surface area (Å²) in [4.78, 5) is 11.9. The van der Waals surface area contributed by atoms with Crippen molar-refractivity contribution in [1.29, 1.82) is 0 Å². The molecule has 1 aliphatic rings. The monoisotopic (exact) mass is 246 g/mol. The number of fused-ring (bicyclic) bond motifs is 1. The third kappa shape index (κ3) is 1.87. The van der Waals surface area contributed by atoms with Gasteiger partial charge in [-0.25, -0.2) is 0 Å². The summed E-state index contributed by atoms with van der Waals surface area (Å²) in [5, 5.41) is 7.54. The highest BCUT2D eigenvalue weighted by atomic mass is 35.5. The zero-order valence-corrected chi connectivity index (χ0v) is 9.87. The summed E-state index contributed by atoms with van der Waals surface area (Å²) < 4.78 is 0. The largest absolute Gasteiger partial charge is 0.294 e. The van der Waals surface area contributed by atoms with Crippen LogP contribution in [0.2, 0.25) is 5.02 Å². The number of H-pyrrole nitrogens is 1. The van der Waals surface area contributed by atoms with E-state index in [-0.39, 0.29) is 11.7 Å². The number of nitrogens with zero attached hydrogens (tertiary/aromatic N) is 1. The molecule has 86 valence electrons. The topological polar surface area (TPSA) is 45.8 Å². The molecule has 4 heteroatoms. The SMILES string of the molecule is O=C1CC(c2cccc(Cl)c2)Cc2[nH]ncc21. The predicted octanol–water partition coefficient (Wildman–Crippen LogP) is 2.98. The van der Waals surface area contributed by atoms with E-state index in [0.717, 1.165) is 23.2 Å². The molecule has 0 saturated carbocycles. The Labute approximate surface area is 104 Å². The Hall–Kier alpha value is -1.61. The second-order valence-electron chi connectivity index (χ2n) is 4.35. The van der Waals surface area contributed by atoms with Crippen molar-refractivity contribution in [2.45, 2.75) is 18.8 Å². The molecule has 1 atom stereocenters. The summed E-state index contributed by atoms with van der Waals surface area (Å²) in [6, 6.07) is 7.72. The fraction of sp³-hybridized carbons (Fsp3) is 0.231. The van der Waals surface area contributed by atoms with Gasteiger partial charge in [0.25, 0.3) is 0 Å². The van der Waals surface area contributed by atoms with E-state index >= 15 is 0 Å². The van der Waals surface area contributed by atoms with E-state index in [1.165, 1.54) is 0 Å². The molecule has 1 N–H and O–H groups in total. The number of aromatic amines is 1. The molecule has 0 amide bonds. The fourth-order valence-corrected chi connectivity index (χ4v) is 2.56. The van der Waals surface area contributed by atoms with Crippen LogP contribution in [0.4, 0.5) is 0 Å². The van der Waals surface area contributed by atoms with Crippen molar-refractivity contribution >= 4 is 17.4 Å². The van der Waals surface area contributed by atoms with Crippen LogP contribution in [0.15, 0.2) is 30.5 Å². The summed E-state index contributed by atoms with van der Waals surface area (Å²) in [7, 11) is 0. The molecule has 1 aromatic carbocycles. The van der Waals surface area contributed by atoms with Crippen LogP contribution in [0.3, 0.4) is 0 Å². The smallest absolute Gasteiger partial charge is 0.166 e. The molecule has 0 fully saturated rings. The predicted molar refractivity (Wildman–Crippen MR) is 65.4 cm³/mol. The Kier molecular flexibility index (Phi) is 2.48. The van der Waals surface area contributed by atoms with E-state index in [1.807, 2.05) is 24.3 Å². The molecule has 1 aromatic heterocycles. The van der Waals surface area contributed by atoms with Crippen molar-refractivity contribution < 1.29 is 4.79 Å². The molecule has 1 aliphatic carbocycles. The number of hydrogen-bond donors (Lipinski definition) is 1. The van der Waals surface area contributed by atoms with E-state index in [0.29, 0.717) is 11.4 Å². The molecule has 0 aliphatic heterocycles. The second-order valence-corrected chi connectivity index (χ2v) is 4.78. The number of Topliss-reactive ketones (excluding diaryl/α,β-unsaturated/α-hetero) is 1. The molecule has 3 rings (SSSR count). The molecular formula is C13H11ClN2O. The maximum absolute atomic E-state index is 11.9. The van der Waals surface area contributed by atoms with Crippen LogP contribution in [0.1, 0.15) is 34.0 Å². The van der Waals surface area contributed by atoms with Crippen LogP contribution in [0, 0.1) is 0 Å². The van der Waals surface area contributed by atoms with Gasteiger partial charge < -0.3 is 0 Å². The van der Waals surface area contributed by atoms with E-state index in [2.05, 4.69) is 10.2 Å². The van der Waals surface area contributed by atoms with Gasteiger partial charge in [0.05, 0.1) is 11.8 Å². The zero-order valence-electron chi connectivity index (χ0n) is 9.11. The van der Waals surface area contributed by atoms with Gasteiger partial charge in [-0.2, -0.15) is 5.10 Å². The molecule has 0 spiro atoms. The number of benzene rings is 1. The minimum Gasteiger partial charge on any atom is -0.294 e. The molecule has 17 heavy (non-hydrogen) atoms. The number of hydrogen-bond acceptors (Lipinski definition) is 2. The number of rotatable bonds is 1. The first kappa shape index (κ1) is 10.5. The Bertz CT molecular complexity index is 576. The molecule has 0 bridgehead atoms. The first-order valence-corrected chi connectivity index (χ1v) is 5.93. The summed E-state index contributed by atoms with van der Waals surface area (Å²) in [5.41, 5.74) is 2.79. The molecule has 1 unspecified atom stereocenters. The maximum atomic E-state index is 11.9. The van der Waals surface area contributed by atoms with Gasteiger partial charge in [-0.1, -0.05) is 23.7 Å². The maximum Gasteiger partial charge on any atom is 0.166 e. The number of halogens is 1. The lowest BCUT2D eigenvalue weighted by Crippen LogP contribution is -2.17. The Morgan fingerprint density at radius 2 is 2.24 bits per heavy atom. The van der Waals surface area contributed by atoms with Crippen molar-refractivity contribution in [3.63, 3.8) is 0 Å². The van der Waals surface area contributed by atoms with Gasteiger partial charge in [0.15, 0.2) is 5.78 Å². The normalized spacial score (nSPS) is 19.1. The summed E-state index contributed by atoms with van der Waals surface area (Å²) in [6.45, 7) is 0. The molecular weight excluding hydrogens is 236 g/mol. The summed E-state index contributed by atoms with van der Waals surface area (Å²) in [6.07, 6.45) is 2.97. The first-order valence-electron chi connectivity index (χ1n) is 5.55. The van der Waals surface area contributed by atoms with Crippen molar-refractivity contribution in [1.82, 2.24) is 10.2 Å². The molecule has 1 heterocycles. The highest BCUT2D eigenvalue weighted by Crippen LogP contribution is 2.32. The lowest BCUT2D eigenvalue weighted by atomic mass is 9.83. The van der Waals surface area contributed by atoms with Gasteiger partial charge in [0.1, 0.15) is 0 Å². The van der Waals surface area contributed by atoms with Crippen LogP contribution in [-0.2, 0) is 6.42 Å². The van der Waals surface area contributed by atoms with Gasteiger partial charge in [-0.15, -0.1) is 0 Å². The molecule has 2 aromatic rings. The first-order chi connectivity index (χ1) is 8.24. The Morgan fingerprint density at radius 3 is 3.06 bits per heavy atom. The van der Waals surface area contributed by atoms with Crippen LogP contribution in [0.25, 0.3) is 0 Å². The number of carbonyl (C=O) groups excluding carboxylic acids is 1. The fourth-order valence-electron chi connectivity index (χ4n) is 2.36. The molecule has 0 saturated heterocycles. The van der Waals surface area contributed by atoms with Gasteiger partial charge >= 0.3 is 0 Å². The van der Waals surface area contributed by atoms with E-state index in [4.69, 9.17) is 11.6 Å². The van der Waals surface area contributed by atoms with Crippen LogP contribution >= 0.6 is 11.6 Å². The van der Waals surface area contributed by atoms with E-state index in [1.54, 1.807) is 6.20 Å². The Morgan fingerprint density at radius 1 is 1.35 bits per heavy atom. The minimum absolute atomic E-state index is 0.157. The third-order valence-corrected chi connectivity index (χ3v) is 3.46. The number of carbonyl (C=O) groups is 1. The average Bonchev–Trinajstić information content (AvgIpc) is 2.77. The van der Waals surface area contributed by atoms with Gasteiger partial charge in [0, 0.05) is 17.1 Å².